The molecular weight excluding hydrogens is 331 g/mol. The van der Waals surface area contributed by atoms with E-state index in [1.54, 1.807) is 24.3 Å². The third-order valence-electron chi connectivity index (χ3n) is 3.50. The number of nitrogens with one attached hydrogen (secondary N) is 1. The number of rotatable bonds is 6. The molecule has 0 saturated heterocycles. The normalized spacial score (nSPS) is 10.3. The molecule has 0 bridgehead atoms. The van der Waals surface area contributed by atoms with E-state index in [0.29, 0.717) is 5.02 Å². The van der Waals surface area contributed by atoms with Crippen LogP contribution < -0.4 is 5.32 Å². The van der Waals surface area contributed by atoms with E-state index in [1.165, 1.54) is 24.0 Å². The maximum atomic E-state index is 12.8. The van der Waals surface area contributed by atoms with Crippen molar-refractivity contribution in [3.63, 3.8) is 0 Å². The Morgan fingerprint density at radius 1 is 1.12 bits per heavy atom. The molecule has 0 unspecified atom stereocenters. The Kier molecular flexibility index (Phi) is 6.32. The molecule has 0 aliphatic rings. The van der Waals surface area contributed by atoms with Crippen molar-refractivity contribution >= 4 is 23.4 Å². The first-order valence-corrected chi connectivity index (χ1v) is 7.83. The van der Waals surface area contributed by atoms with E-state index < -0.39 is 0 Å². The lowest BCUT2D eigenvalue weighted by atomic mass is 10.2. The monoisotopic (exact) mass is 348 g/mol. The minimum Gasteiger partial charge on any atom is -0.350 e. The Labute approximate surface area is 145 Å². The summed E-state index contributed by atoms with van der Waals surface area (Å²) in [6.07, 6.45) is 0. The van der Waals surface area contributed by atoms with E-state index in [1.807, 2.05) is 12.1 Å². The summed E-state index contributed by atoms with van der Waals surface area (Å²) in [5, 5.41) is 3.27. The fraction of sp³-hybridized carbons (Fsp3) is 0.222. The highest BCUT2D eigenvalue weighted by atomic mass is 35.5. The van der Waals surface area contributed by atoms with Crippen molar-refractivity contribution in [1.82, 2.24) is 10.2 Å². The smallest absolute Gasteiger partial charge is 0.239 e. The third kappa shape index (κ3) is 5.35. The average molecular weight is 349 g/mol. The van der Waals surface area contributed by atoms with Gasteiger partial charge in [0.25, 0.3) is 0 Å². The van der Waals surface area contributed by atoms with Gasteiger partial charge < -0.3 is 10.2 Å². The molecule has 0 aliphatic carbocycles. The number of nitrogens with zero attached hydrogens (tertiary/aromatic N) is 1. The van der Waals surface area contributed by atoms with Crippen LogP contribution in [0.1, 0.15) is 18.1 Å². The second kappa shape index (κ2) is 8.45. The summed E-state index contributed by atoms with van der Waals surface area (Å²) in [6.45, 7) is 1.88. The molecule has 6 heteroatoms. The van der Waals surface area contributed by atoms with Crippen LogP contribution in [-0.4, -0.2) is 23.3 Å². The molecule has 0 saturated carbocycles. The molecule has 2 aromatic rings. The van der Waals surface area contributed by atoms with E-state index in [-0.39, 0.29) is 37.3 Å². The van der Waals surface area contributed by atoms with Gasteiger partial charge in [-0.2, -0.15) is 0 Å². The first kappa shape index (κ1) is 17.9. The molecule has 4 nitrogen and oxygen atoms in total. The Morgan fingerprint density at radius 2 is 1.79 bits per heavy atom. The zero-order chi connectivity index (χ0) is 17.5. The van der Waals surface area contributed by atoms with Crippen LogP contribution >= 0.6 is 11.6 Å². The maximum absolute atomic E-state index is 12.8. The molecule has 1 N–H and O–H groups in total. The highest BCUT2D eigenvalue weighted by Gasteiger charge is 2.15. The third-order valence-corrected chi connectivity index (χ3v) is 3.87. The van der Waals surface area contributed by atoms with E-state index >= 15 is 0 Å². The number of halogens is 2. The highest BCUT2D eigenvalue weighted by Crippen LogP contribution is 2.17. The van der Waals surface area contributed by atoms with Crippen molar-refractivity contribution in [2.45, 2.75) is 20.0 Å². The summed E-state index contributed by atoms with van der Waals surface area (Å²) < 4.78 is 12.8. The summed E-state index contributed by atoms with van der Waals surface area (Å²) in [5.41, 5.74) is 1.56. The summed E-state index contributed by atoms with van der Waals surface area (Å²) in [6, 6.07) is 13.1. The molecular formula is C18H18ClFN2O2. The number of hydrogen-bond donors (Lipinski definition) is 1. The zero-order valence-electron chi connectivity index (χ0n) is 13.3. The van der Waals surface area contributed by atoms with Crippen LogP contribution in [0.2, 0.25) is 5.02 Å². The topological polar surface area (TPSA) is 49.4 Å². The van der Waals surface area contributed by atoms with Gasteiger partial charge in [-0.05, 0) is 29.3 Å². The van der Waals surface area contributed by atoms with Gasteiger partial charge >= 0.3 is 0 Å². The van der Waals surface area contributed by atoms with Crippen LogP contribution in [0.15, 0.2) is 48.5 Å². The predicted molar refractivity (Wildman–Crippen MR) is 90.8 cm³/mol. The molecule has 24 heavy (non-hydrogen) atoms. The molecule has 0 aliphatic heterocycles. The van der Waals surface area contributed by atoms with E-state index in [2.05, 4.69) is 5.32 Å². The summed E-state index contributed by atoms with van der Waals surface area (Å²) in [4.78, 5) is 25.2. The van der Waals surface area contributed by atoms with Gasteiger partial charge in [0.05, 0.1) is 6.54 Å². The molecule has 126 valence electrons. The predicted octanol–water partition coefficient (Wildman–Crippen LogP) is 3.14. The van der Waals surface area contributed by atoms with Gasteiger partial charge in [0.15, 0.2) is 0 Å². The Balaban J connectivity index is 1.92. The van der Waals surface area contributed by atoms with Gasteiger partial charge in [-0.15, -0.1) is 0 Å². The van der Waals surface area contributed by atoms with E-state index in [0.717, 1.165) is 11.1 Å². The van der Waals surface area contributed by atoms with Crippen molar-refractivity contribution in [1.29, 1.82) is 0 Å². The molecule has 2 amide bonds. The van der Waals surface area contributed by atoms with Crippen LogP contribution in [0.3, 0.4) is 0 Å². The Hall–Kier alpha value is -2.40. The van der Waals surface area contributed by atoms with Gasteiger partial charge in [-0.1, -0.05) is 41.9 Å². The van der Waals surface area contributed by atoms with Crippen molar-refractivity contribution in [2.75, 3.05) is 6.54 Å². The lowest BCUT2D eigenvalue weighted by molar-refractivity contribution is -0.135. The van der Waals surface area contributed by atoms with Gasteiger partial charge in [0, 0.05) is 25.0 Å². The molecule has 2 aromatic carbocycles. The lowest BCUT2D eigenvalue weighted by Gasteiger charge is -2.21. The Morgan fingerprint density at radius 3 is 2.42 bits per heavy atom. The van der Waals surface area contributed by atoms with Crippen molar-refractivity contribution < 1.29 is 14.0 Å². The van der Waals surface area contributed by atoms with Gasteiger partial charge in [0.2, 0.25) is 11.8 Å². The molecule has 0 fully saturated rings. The van der Waals surface area contributed by atoms with Crippen molar-refractivity contribution in [2.24, 2.45) is 0 Å². The van der Waals surface area contributed by atoms with E-state index in [9.17, 15) is 14.0 Å². The summed E-state index contributed by atoms with van der Waals surface area (Å²) in [5.74, 6) is -0.832. The van der Waals surface area contributed by atoms with Crippen LogP contribution in [0, 0.1) is 5.82 Å². The second-order valence-corrected chi connectivity index (χ2v) is 5.78. The van der Waals surface area contributed by atoms with Crippen LogP contribution in [0.25, 0.3) is 0 Å². The fourth-order valence-electron chi connectivity index (χ4n) is 2.14. The Bertz CT molecular complexity index is 719. The molecule has 0 spiro atoms. The molecule has 2 rings (SSSR count). The number of hydrogen-bond acceptors (Lipinski definition) is 2. The average Bonchev–Trinajstić information content (AvgIpc) is 2.55. The largest absolute Gasteiger partial charge is 0.350 e. The molecule has 0 heterocycles. The fourth-order valence-corrected chi connectivity index (χ4v) is 2.34. The molecule has 0 atom stereocenters. The number of amides is 2. The van der Waals surface area contributed by atoms with E-state index in [4.69, 9.17) is 11.6 Å². The van der Waals surface area contributed by atoms with Crippen LogP contribution in [0.4, 0.5) is 4.39 Å². The molecule has 0 radical (unpaired) electrons. The van der Waals surface area contributed by atoms with Gasteiger partial charge in [-0.3, -0.25) is 9.59 Å². The first-order valence-electron chi connectivity index (χ1n) is 7.46. The van der Waals surface area contributed by atoms with Crippen molar-refractivity contribution in [3.05, 3.63) is 70.5 Å². The quantitative estimate of drug-likeness (QED) is 0.871. The van der Waals surface area contributed by atoms with Crippen LogP contribution in [0.5, 0.6) is 0 Å². The minimum absolute atomic E-state index is 0.0677. The minimum atomic E-state index is -0.326. The maximum Gasteiger partial charge on any atom is 0.239 e. The van der Waals surface area contributed by atoms with Gasteiger partial charge in [0.1, 0.15) is 5.82 Å². The summed E-state index contributed by atoms with van der Waals surface area (Å²) in [7, 11) is 0. The second-order valence-electron chi connectivity index (χ2n) is 5.37. The molecule has 0 aromatic heterocycles. The standard InChI is InChI=1S/C18H18ClFN2O2/c1-13(23)22(11-15-4-2-3-5-17(15)19)12-18(24)21-10-14-6-8-16(20)9-7-14/h2-9H,10-12H2,1H3,(H,21,24). The van der Waals surface area contributed by atoms with Crippen LogP contribution in [-0.2, 0) is 22.7 Å². The SMILES string of the molecule is CC(=O)N(CC(=O)NCc1ccc(F)cc1)Cc1ccccc1Cl. The summed E-state index contributed by atoms with van der Waals surface area (Å²) >= 11 is 6.09. The first-order chi connectivity index (χ1) is 11.5. The lowest BCUT2D eigenvalue weighted by Crippen LogP contribution is -2.39. The van der Waals surface area contributed by atoms with Gasteiger partial charge in [-0.25, -0.2) is 4.39 Å². The van der Waals surface area contributed by atoms with Crippen molar-refractivity contribution in [3.8, 4) is 0 Å². The number of carbonyl (C=O) groups excluding carboxylic acids is 2. The number of benzene rings is 2. The highest BCUT2D eigenvalue weighted by molar-refractivity contribution is 6.31. The zero-order valence-corrected chi connectivity index (χ0v) is 14.0. The number of carbonyl (C=O) groups is 2.